The standard InChI is InChI=1S/C17H23N3O3/c1-5-23-17(21)11-12(2)18-15-7-6-10-20(15)14-8-9-16(22-4)19-13(14)3/h8-9,11H,5-7,10H2,1-4H3/b12-11?,18-15+. The summed E-state index contributed by atoms with van der Waals surface area (Å²) in [6.07, 6.45) is 3.32. The maximum Gasteiger partial charge on any atom is 0.332 e. The lowest BCUT2D eigenvalue weighted by Gasteiger charge is -2.21. The maximum atomic E-state index is 11.5. The molecule has 0 saturated carbocycles. The molecule has 0 atom stereocenters. The van der Waals surface area contributed by atoms with Crippen LogP contribution in [0.15, 0.2) is 28.9 Å². The fourth-order valence-corrected chi connectivity index (χ4v) is 2.56. The van der Waals surface area contributed by atoms with E-state index >= 15 is 0 Å². The summed E-state index contributed by atoms with van der Waals surface area (Å²) in [5.74, 6) is 1.18. The van der Waals surface area contributed by atoms with Crippen molar-refractivity contribution in [1.82, 2.24) is 4.98 Å². The van der Waals surface area contributed by atoms with Crippen molar-refractivity contribution in [3.63, 3.8) is 0 Å². The zero-order valence-electron chi connectivity index (χ0n) is 14.1. The number of aliphatic imine (C=N–C) groups is 1. The monoisotopic (exact) mass is 317 g/mol. The van der Waals surface area contributed by atoms with E-state index in [1.807, 2.05) is 19.1 Å². The third-order valence-corrected chi connectivity index (χ3v) is 3.54. The van der Waals surface area contributed by atoms with Crippen molar-refractivity contribution in [2.45, 2.75) is 33.6 Å². The highest BCUT2D eigenvalue weighted by atomic mass is 16.5. The first-order valence-electron chi connectivity index (χ1n) is 7.77. The minimum Gasteiger partial charge on any atom is -0.481 e. The van der Waals surface area contributed by atoms with Gasteiger partial charge >= 0.3 is 5.97 Å². The van der Waals surface area contributed by atoms with Crippen molar-refractivity contribution in [3.8, 4) is 5.88 Å². The number of aromatic nitrogens is 1. The van der Waals surface area contributed by atoms with Gasteiger partial charge in [-0.2, -0.15) is 0 Å². The highest BCUT2D eigenvalue weighted by molar-refractivity contribution is 6.01. The zero-order valence-corrected chi connectivity index (χ0v) is 14.1. The number of hydrogen-bond acceptors (Lipinski definition) is 5. The Bertz CT molecular complexity index is 638. The van der Waals surface area contributed by atoms with Gasteiger partial charge in [0.25, 0.3) is 0 Å². The molecule has 0 bridgehead atoms. The van der Waals surface area contributed by atoms with Gasteiger partial charge in [-0.25, -0.2) is 14.8 Å². The molecule has 2 heterocycles. The largest absolute Gasteiger partial charge is 0.481 e. The number of methoxy groups -OCH3 is 1. The summed E-state index contributed by atoms with van der Waals surface area (Å²) in [6.45, 7) is 6.79. The number of rotatable bonds is 5. The fraction of sp³-hybridized carbons (Fsp3) is 0.471. The number of esters is 1. The Hall–Kier alpha value is -2.37. The smallest absolute Gasteiger partial charge is 0.332 e. The SMILES string of the molecule is CCOC(=O)C=C(C)/N=C1\CCCN1c1ccc(OC)nc1C. The summed E-state index contributed by atoms with van der Waals surface area (Å²) in [7, 11) is 1.60. The van der Waals surface area contributed by atoms with Crippen LogP contribution in [0, 0.1) is 6.92 Å². The minimum atomic E-state index is -0.360. The Balaban J connectivity index is 2.23. The second-order valence-corrected chi connectivity index (χ2v) is 5.28. The van der Waals surface area contributed by atoms with E-state index in [0.29, 0.717) is 18.2 Å². The minimum absolute atomic E-state index is 0.360. The average molecular weight is 317 g/mol. The molecule has 2 rings (SSSR count). The first kappa shape index (κ1) is 17.0. The molecule has 0 spiro atoms. The molecule has 1 aliphatic heterocycles. The fourth-order valence-electron chi connectivity index (χ4n) is 2.56. The molecular weight excluding hydrogens is 294 g/mol. The van der Waals surface area contributed by atoms with E-state index in [1.54, 1.807) is 21.0 Å². The van der Waals surface area contributed by atoms with Crippen molar-refractivity contribution in [2.75, 3.05) is 25.2 Å². The Kier molecular flexibility index (Phi) is 5.73. The first-order valence-corrected chi connectivity index (χ1v) is 7.77. The summed E-state index contributed by atoms with van der Waals surface area (Å²) in [5, 5.41) is 0. The molecule has 1 aliphatic rings. The highest BCUT2D eigenvalue weighted by Gasteiger charge is 2.22. The molecule has 0 aromatic carbocycles. The van der Waals surface area contributed by atoms with Gasteiger partial charge in [-0.3, -0.25) is 0 Å². The lowest BCUT2D eigenvalue weighted by Crippen LogP contribution is -2.25. The molecule has 0 amide bonds. The average Bonchev–Trinajstić information content (AvgIpc) is 2.94. The van der Waals surface area contributed by atoms with Gasteiger partial charge in [0.2, 0.25) is 5.88 Å². The molecule has 0 unspecified atom stereocenters. The molecule has 124 valence electrons. The summed E-state index contributed by atoms with van der Waals surface area (Å²) >= 11 is 0. The van der Waals surface area contributed by atoms with Crippen molar-refractivity contribution >= 4 is 17.5 Å². The number of aryl methyl sites for hydroxylation is 1. The maximum absolute atomic E-state index is 11.5. The Morgan fingerprint density at radius 3 is 2.91 bits per heavy atom. The van der Waals surface area contributed by atoms with Gasteiger partial charge in [0, 0.05) is 30.8 Å². The van der Waals surface area contributed by atoms with E-state index in [4.69, 9.17) is 9.47 Å². The molecule has 1 aromatic heterocycles. The second kappa shape index (κ2) is 7.76. The Morgan fingerprint density at radius 1 is 1.48 bits per heavy atom. The van der Waals surface area contributed by atoms with Crippen LogP contribution in [-0.4, -0.2) is 37.1 Å². The first-order chi connectivity index (χ1) is 11.0. The third-order valence-electron chi connectivity index (χ3n) is 3.54. The Morgan fingerprint density at radius 2 is 2.26 bits per heavy atom. The predicted molar refractivity (Wildman–Crippen MR) is 89.9 cm³/mol. The number of anilines is 1. The quantitative estimate of drug-likeness (QED) is 0.617. The van der Waals surface area contributed by atoms with Gasteiger partial charge in [-0.1, -0.05) is 0 Å². The number of allylic oxidation sites excluding steroid dienone is 1. The van der Waals surface area contributed by atoms with Crippen LogP contribution in [-0.2, 0) is 9.53 Å². The van der Waals surface area contributed by atoms with E-state index in [-0.39, 0.29) is 5.97 Å². The van der Waals surface area contributed by atoms with Gasteiger partial charge in [-0.05, 0) is 33.3 Å². The van der Waals surface area contributed by atoms with Gasteiger partial charge < -0.3 is 14.4 Å². The van der Waals surface area contributed by atoms with Crippen molar-refractivity contribution < 1.29 is 14.3 Å². The van der Waals surface area contributed by atoms with Crippen LogP contribution in [0.3, 0.4) is 0 Å². The number of hydrogen-bond donors (Lipinski definition) is 0. The highest BCUT2D eigenvalue weighted by Crippen LogP contribution is 2.27. The second-order valence-electron chi connectivity index (χ2n) is 5.28. The van der Waals surface area contributed by atoms with Gasteiger partial charge in [0.05, 0.1) is 25.1 Å². The van der Waals surface area contributed by atoms with Crippen molar-refractivity contribution in [3.05, 3.63) is 29.6 Å². The molecule has 1 aromatic rings. The van der Waals surface area contributed by atoms with Crippen LogP contribution in [0.2, 0.25) is 0 Å². The van der Waals surface area contributed by atoms with E-state index < -0.39 is 0 Å². The lowest BCUT2D eigenvalue weighted by atomic mass is 10.3. The number of carbonyl (C=O) groups is 1. The molecular formula is C17H23N3O3. The van der Waals surface area contributed by atoms with E-state index in [1.165, 1.54) is 6.08 Å². The Labute approximate surface area is 136 Å². The molecule has 23 heavy (non-hydrogen) atoms. The molecule has 6 heteroatoms. The van der Waals surface area contributed by atoms with E-state index in [2.05, 4.69) is 14.9 Å². The molecule has 6 nitrogen and oxygen atoms in total. The predicted octanol–water partition coefficient (Wildman–Crippen LogP) is 2.86. The van der Waals surface area contributed by atoms with Crippen LogP contribution in [0.5, 0.6) is 5.88 Å². The number of carbonyl (C=O) groups excluding carboxylic acids is 1. The van der Waals surface area contributed by atoms with Crippen LogP contribution in [0.25, 0.3) is 0 Å². The number of amidine groups is 1. The lowest BCUT2D eigenvalue weighted by molar-refractivity contribution is -0.137. The molecule has 1 fully saturated rings. The molecule has 0 aliphatic carbocycles. The number of pyridine rings is 1. The summed E-state index contributed by atoms with van der Waals surface area (Å²) in [4.78, 5) is 22.6. The van der Waals surface area contributed by atoms with Crippen LogP contribution in [0.4, 0.5) is 5.69 Å². The molecule has 0 radical (unpaired) electrons. The van der Waals surface area contributed by atoms with E-state index in [0.717, 1.165) is 36.6 Å². The number of ether oxygens (including phenoxy) is 2. The van der Waals surface area contributed by atoms with Gasteiger partial charge in [0.15, 0.2) is 0 Å². The van der Waals surface area contributed by atoms with Crippen LogP contribution in [0.1, 0.15) is 32.4 Å². The molecule has 1 saturated heterocycles. The number of nitrogens with zero attached hydrogens (tertiary/aromatic N) is 3. The summed E-state index contributed by atoms with van der Waals surface area (Å²) in [6, 6.07) is 3.84. The van der Waals surface area contributed by atoms with Gasteiger partial charge in [-0.15, -0.1) is 0 Å². The summed E-state index contributed by atoms with van der Waals surface area (Å²) in [5.41, 5.74) is 2.56. The van der Waals surface area contributed by atoms with Gasteiger partial charge in [0.1, 0.15) is 5.84 Å². The van der Waals surface area contributed by atoms with Crippen LogP contribution >= 0.6 is 0 Å². The van der Waals surface area contributed by atoms with E-state index in [9.17, 15) is 4.79 Å². The van der Waals surface area contributed by atoms with Crippen molar-refractivity contribution in [1.29, 1.82) is 0 Å². The zero-order chi connectivity index (χ0) is 16.8. The molecule has 0 N–H and O–H groups in total. The summed E-state index contributed by atoms with van der Waals surface area (Å²) < 4.78 is 10.1. The normalized spacial score (nSPS) is 16.8. The topological polar surface area (TPSA) is 64.0 Å². The third kappa shape index (κ3) is 4.31. The van der Waals surface area contributed by atoms with Crippen molar-refractivity contribution in [2.24, 2.45) is 4.99 Å². The van der Waals surface area contributed by atoms with Crippen LogP contribution < -0.4 is 9.64 Å².